The molecule has 3 aromatic rings. The molecule has 160 valence electrons. The van der Waals surface area contributed by atoms with Gasteiger partial charge in [0.05, 0.1) is 24.9 Å². The second-order valence-corrected chi connectivity index (χ2v) is 8.08. The third kappa shape index (κ3) is 4.32. The van der Waals surface area contributed by atoms with Gasteiger partial charge in [0.1, 0.15) is 6.54 Å². The highest BCUT2D eigenvalue weighted by molar-refractivity contribution is 7.98. The van der Waals surface area contributed by atoms with Crippen molar-refractivity contribution >= 4 is 23.8 Å². The number of hydrogen-bond donors (Lipinski definition) is 1. The number of ether oxygens (including phenoxy) is 1. The summed E-state index contributed by atoms with van der Waals surface area (Å²) in [7, 11) is 0. The quantitative estimate of drug-likeness (QED) is 0.477. The molecule has 1 aromatic heterocycles. The van der Waals surface area contributed by atoms with Crippen LogP contribution in [0.3, 0.4) is 0 Å². The Balaban J connectivity index is 1.76. The van der Waals surface area contributed by atoms with E-state index >= 15 is 0 Å². The van der Waals surface area contributed by atoms with E-state index in [9.17, 15) is 9.59 Å². The van der Waals surface area contributed by atoms with Crippen LogP contribution in [0, 0.1) is 0 Å². The maximum atomic E-state index is 13.3. The molecule has 0 saturated carbocycles. The van der Waals surface area contributed by atoms with Gasteiger partial charge in [-0.2, -0.15) is 0 Å². The SMILES string of the molecule is CCOC(=O)CNC(=O)N1Cc2ccccc2-n2cccc2[C@H]1c1ccc(SC)cc1. The van der Waals surface area contributed by atoms with Gasteiger partial charge in [-0.25, -0.2) is 4.79 Å². The minimum atomic E-state index is -0.449. The Morgan fingerprint density at radius 3 is 2.61 bits per heavy atom. The zero-order valence-electron chi connectivity index (χ0n) is 17.6. The van der Waals surface area contributed by atoms with E-state index in [2.05, 4.69) is 40.2 Å². The van der Waals surface area contributed by atoms with Crippen LogP contribution in [0.4, 0.5) is 4.79 Å². The molecule has 7 heteroatoms. The standard InChI is InChI=1S/C24H25N3O3S/c1-3-30-22(28)15-25-24(29)27-16-18-7-4-5-8-20(18)26-14-6-9-21(26)23(27)17-10-12-19(31-2)13-11-17/h4-14,23H,3,15-16H2,1-2H3,(H,25,29)/t23-/m1/s1. The summed E-state index contributed by atoms with van der Waals surface area (Å²) < 4.78 is 7.10. The minimum Gasteiger partial charge on any atom is -0.465 e. The van der Waals surface area contributed by atoms with E-state index < -0.39 is 5.97 Å². The summed E-state index contributed by atoms with van der Waals surface area (Å²) in [4.78, 5) is 28.1. The van der Waals surface area contributed by atoms with Crippen LogP contribution in [0.15, 0.2) is 71.8 Å². The largest absolute Gasteiger partial charge is 0.465 e. The lowest BCUT2D eigenvalue weighted by molar-refractivity contribution is -0.141. The van der Waals surface area contributed by atoms with Crippen LogP contribution in [0.25, 0.3) is 5.69 Å². The molecule has 0 radical (unpaired) electrons. The fourth-order valence-corrected chi connectivity index (χ4v) is 4.35. The summed E-state index contributed by atoms with van der Waals surface area (Å²) in [6.07, 6.45) is 4.06. The van der Waals surface area contributed by atoms with Gasteiger partial charge in [0.25, 0.3) is 0 Å². The smallest absolute Gasteiger partial charge is 0.325 e. The summed E-state index contributed by atoms with van der Waals surface area (Å²) in [5, 5.41) is 2.74. The number of esters is 1. The number of urea groups is 1. The molecule has 31 heavy (non-hydrogen) atoms. The molecule has 1 aliphatic heterocycles. The van der Waals surface area contributed by atoms with Gasteiger partial charge < -0.3 is 19.5 Å². The Labute approximate surface area is 186 Å². The fourth-order valence-electron chi connectivity index (χ4n) is 3.94. The van der Waals surface area contributed by atoms with Crippen molar-refractivity contribution in [3.05, 3.63) is 83.7 Å². The van der Waals surface area contributed by atoms with Gasteiger partial charge in [-0.15, -0.1) is 11.8 Å². The molecule has 1 aliphatic rings. The number of para-hydroxylation sites is 1. The first kappa shape index (κ1) is 21.1. The average molecular weight is 436 g/mol. The van der Waals surface area contributed by atoms with Crippen LogP contribution in [0.5, 0.6) is 0 Å². The van der Waals surface area contributed by atoms with Crippen LogP contribution >= 0.6 is 11.8 Å². The van der Waals surface area contributed by atoms with Crippen LogP contribution in [-0.2, 0) is 16.1 Å². The van der Waals surface area contributed by atoms with Gasteiger partial charge in [-0.1, -0.05) is 30.3 Å². The van der Waals surface area contributed by atoms with E-state index in [0.717, 1.165) is 27.4 Å². The molecular weight excluding hydrogens is 410 g/mol. The second-order valence-electron chi connectivity index (χ2n) is 7.20. The molecule has 4 rings (SSSR count). The zero-order chi connectivity index (χ0) is 21.8. The Hall–Kier alpha value is -3.19. The Morgan fingerprint density at radius 1 is 1.10 bits per heavy atom. The summed E-state index contributed by atoms with van der Waals surface area (Å²) in [6, 6.07) is 19.8. The van der Waals surface area contributed by atoms with Gasteiger partial charge in [-0.05, 0) is 54.6 Å². The van der Waals surface area contributed by atoms with Gasteiger partial charge in [0.15, 0.2) is 0 Å². The van der Waals surface area contributed by atoms with E-state index in [-0.39, 0.29) is 25.2 Å². The average Bonchev–Trinajstić information content (AvgIpc) is 3.22. The van der Waals surface area contributed by atoms with Crippen molar-refractivity contribution < 1.29 is 14.3 Å². The molecule has 0 spiro atoms. The number of thioether (sulfide) groups is 1. The lowest BCUT2D eigenvalue weighted by Crippen LogP contribution is -2.44. The first-order valence-corrected chi connectivity index (χ1v) is 11.4. The number of hydrogen-bond acceptors (Lipinski definition) is 4. The normalized spacial score (nSPS) is 14.9. The van der Waals surface area contributed by atoms with Crippen LogP contribution in [-0.4, -0.2) is 40.9 Å². The number of fused-ring (bicyclic) bond motifs is 3. The van der Waals surface area contributed by atoms with Gasteiger partial charge in [0.2, 0.25) is 0 Å². The molecule has 0 bridgehead atoms. The Morgan fingerprint density at radius 2 is 1.87 bits per heavy atom. The first-order chi connectivity index (χ1) is 15.1. The zero-order valence-corrected chi connectivity index (χ0v) is 18.4. The van der Waals surface area contributed by atoms with Gasteiger partial charge in [-0.3, -0.25) is 4.79 Å². The molecule has 0 aliphatic carbocycles. The first-order valence-electron chi connectivity index (χ1n) is 10.2. The molecular formula is C24H25N3O3S. The highest BCUT2D eigenvalue weighted by Gasteiger charge is 2.33. The molecule has 2 heterocycles. The number of nitrogens with zero attached hydrogens (tertiary/aromatic N) is 2. The highest BCUT2D eigenvalue weighted by atomic mass is 32.2. The summed E-state index contributed by atoms with van der Waals surface area (Å²) >= 11 is 1.68. The molecule has 0 fully saturated rings. The number of carbonyl (C=O) groups excluding carboxylic acids is 2. The van der Waals surface area contributed by atoms with Gasteiger partial charge >= 0.3 is 12.0 Å². The summed E-state index contributed by atoms with van der Waals surface area (Å²) in [5.41, 5.74) is 4.09. The number of amides is 2. The lowest BCUT2D eigenvalue weighted by atomic mass is 10.0. The molecule has 6 nitrogen and oxygen atoms in total. The van der Waals surface area contributed by atoms with Crippen molar-refractivity contribution in [2.24, 2.45) is 0 Å². The summed E-state index contributed by atoms with van der Waals surface area (Å²) in [5.74, 6) is -0.449. The monoisotopic (exact) mass is 435 g/mol. The third-order valence-corrected chi connectivity index (χ3v) is 6.09. The Kier molecular flexibility index (Phi) is 6.32. The fraction of sp³-hybridized carbons (Fsp3) is 0.250. The van der Waals surface area contributed by atoms with Crippen molar-refractivity contribution in [3.8, 4) is 5.69 Å². The number of aromatic nitrogens is 1. The van der Waals surface area contributed by atoms with E-state index in [4.69, 9.17) is 4.74 Å². The van der Waals surface area contributed by atoms with Crippen molar-refractivity contribution in [1.29, 1.82) is 0 Å². The lowest BCUT2D eigenvalue weighted by Gasteiger charge is -2.31. The maximum absolute atomic E-state index is 13.3. The van der Waals surface area contributed by atoms with Gasteiger partial charge in [0, 0.05) is 16.8 Å². The van der Waals surface area contributed by atoms with Crippen LogP contribution in [0.2, 0.25) is 0 Å². The molecule has 2 amide bonds. The van der Waals surface area contributed by atoms with E-state index in [1.54, 1.807) is 23.6 Å². The summed E-state index contributed by atoms with van der Waals surface area (Å²) in [6.45, 7) is 2.28. The number of rotatable bonds is 5. The maximum Gasteiger partial charge on any atom is 0.325 e. The Bertz CT molecular complexity index is 1080. The van der Waals surface area contributed by atoms with Crippen LogP contribution < -0.4 is 5.32 Å². The molecule has 1 atom stereocenters. The highest BCUT2D eigenvalue weighted by Crippen LogP contribution is 2.37. The van der Waals surface area contributed by atoms with E-state index in [1.165, 1.54) is 0 Å². The van der Waals surface area contributed by atoms with Crippen molar-refractivity contribution in [1.82, 2.24) is 14.8 Å². The van der Waals surface area contributed by atoms with Crippen molar-refractivity contribution in [2.75, 3.05) is 19.4 Å². The van der Waals surface area contributed by atoms with Crippen molar-refractivity contribution in [3.63, 3.8) is 0 Å². The third-order valence-electron chi connectivity index (χ3n) is 5.35. The number of nitrogens with one attached hydrogen (secondary N) is 1. The van der Waals surface area contributed by atoms with Crippen LogP contribution in [0.1, 0.15) is 29.8 Å². The second kappa shape index (κ2) is 9.31. The predicted molar refractivity (Wildman–Crippen MR) is 121 cm³/mol. The molecule has 0 unspecified atom stereocenters. The van der Waals surface area contributed by atoms with E-state index in [0.29, 0.717) is 6.54 Å². The predicted octanol–water partition coefficient (Wildman–Crippen LogP) is 4.38. The molecule has 2 aromatic carbocycles. The van der Waals surface area contributed by atoms with E-state index in [1.807, 2.05) is 42.8 Å². The molecule has 0 saturated heterocycles. The molecule has 1 N–H and O–H groups in total. The topological polar surface area (TPSA) is 63.6 Å². The number of benzene rings is 2. The number of carbonyl (C=O) groups is 2. The van der Waals surface area contributed by atoms with Crippen molar-refractivity contribution in [2.45, 2.75) is 24.4 Å². The minimum absolute atomic E-state index is 0.163.